The quantitative estimate of drug-likeness (QED) is 0.0281. The molecule has 63 heavy (non-hydrogen) atoms. The second-order valence-electron chi connectivity index (χ2n) is 16.3. The van der Waals surface area contributed by atoms with Crippen molar-refractivity contribution in [3.8, 4) is 17.2 Å². The Kier molecular flexibility index (Phi) is 21.4. The molecule has 0 aliphatic rings. The van der Waals surface area contributed by atoms with Gasteiger partial charge in [-0.3, -0.25) is 19.2 Å². The van der Waals surface area contributed by atoms with Gasteiger partial charge in [0.05, 0.1) is 0 Å². The minimum Gasteiger partial charge on any atom is -0.508 e. The van der Waals surface area contributed by atoms with E-state index in [-0.39, 0.29) is 60.9 Å². The number of nitrogens with one attached hydrogen (secondary N) is 4. The zero-order valence-corrected chi connectivity index (χ0v) is 36.4. The number of benzene rings is 4. The molecule has 13 heteroatoms. The summed E-state index contributed by atoms with van der Waals surface area (Å²) in [6, 6.07) is 17.6. The first-order chi connectivity index (χ1) is 30.4. The molecule has 0 aliphatic carbocycles. The molecule has 0 spiro atoms. The number of rotatable bonds is 28. The third-order valence-electron chi connectivity index (χ3n) is 11.0. The van der Waals surface area contributed by atoms with E-state index in [1.165, 1.54) is 100 Å². The molecule has 4 aromatic rings. The van der Waals surface area contributed by atoms with E-state index in [0.717, 1.165) is 25.3 Å². The Morgan fingerprint density at radius 3 is 1.29 bits per heavy atom. The Morgan fingerprint density at radius 2 is 0.873 bits per heavy atom. The highest BCUT2D eigenvalue weighted by Gasteiger charge is 2.30. The number of carbonyl (C=O) groups is 4. The first kappa shape index (κ1) is 49.7. The molecule has 0 aliphatic heterocycles. The minimum atomic E-state index is -1.29. The molecule has 7 N–H and O–H groups in total. The van der Waals surface area contributed by atoms with Crippen LogP contribution in [0.4, 0.5) is 8.78 Å². The first-order valence-corrected chi connectivity index (χ1v) is 22.4. The minimum absolute atomic E-state index is 0.00724. The van der Waals surface area contributed by atoms with Crippen LogP contribution >= 0.6 is 0 Å². The van der Waals surface area contributed by atoms with E-state index in [1.54, 1.807) is 36.4 Å². The maximum Gasteiger partial charge on any atom is 0.243 e. The van der Waals surface area contributed by atoms with Gasteiger partial charge in [-0.25, -0.2) is 8.78 Å². The van der Waals surface area contributed by atoms with Gasteiger partial charge in [0.1, 0.15) is 47.0 Å². The third-order valence-corrected chi connectivity index (χ3v) is 11.0. The van der Waals surface area contributed by atoms with Crippen LogP contribution in [0.2, 0.25) is 0 Å². The maximum atomic E-state index is 14.5. The van der Waals surface area contributed by atoms with Gasteiger partial charge in [-0.2, -0.15) is 0 Å². The van der Waals surface area contributed by atoms with Crippen LogP contribution in [0.15, 0.2) is 91.0 Å². The van der Waals surface area contributed by atoms with Crippen LogP contribution in [0.3, 0.4) is 0 Å². The van der Waals surface area contributed by atoms with Crippen molar-refractivity contribution < 1.29 is 43.3 Å². The van der Waals surface area contributed by atoms with E-state index >= 15 is 0 Å². The normalized spacial score (nSPS) is 12.5. The highest BCUT2D eigenvalue weighted by Crippen LogP contribution is 2.17. The van der Waals surface area contributed by atoms with Crippen molar-refractivity contribution >= 4 is 23.6 Å². The highest BCUT2D eigenvalue weighted by molar-refractivity contribution is 5.94. The van der Waals surface area contributed by atoms with E-state index in [9.17, 15) is 43.3 Å². The van der Waals surface area contributed by atoms with Crippen LogP contribution in [0.25, 0.3) is 0 Å². The Bertz CT molecular complexity index is 2010. The van der Waals surface area contributed by atoms with Crippen molar-refractivity contribution in [1.29, 1.82) is 0 Å². The predicted molar refractivity (Wildman–Crippen MR) is 240 cm³/mol. The Hall–Kier alpha value is -5.98. The molecule has 4 rings (SSSR count). The summed E-state index contributed by atoms with van der Waals surface area (Å²) in [5.74, 6) is -4.04. The van der Waals surface area contributed by atoms with Gasteiger partial charge in [-0.1, -0.05) is 126 Å². The molecule has 340 valence electrons. The fraction of sp³-hybridized carbons (Fsp3) is 0.440. The largest absolute Gasteiger partial charge is 0.508 e. The zero-order valence-electron chi connectivity index (χ0n) is 36.4. The molecule has 0 fully saturated rings. The Labute approximate surface area is 370 Å². The fourth-order valence-electron chi connectivity index (χ4n) is 7.32. The van der Waals surface area contributed by atoms with Gasteiger partial charge in [0.25, 0.3) is 0 Å². The molecule has 0 radical (unpaired) electrons. The molecule has 0 saturated heterocycles. The SMILES string of the molecule is CCCCCCCCCCCCCCCC(=O)N[C@@H](Cc1ccc(O)cc1)C(=O)N[C@@H](Cc1ccc(O)cc1)C(=O)N[C@@H](Cc1ccc(O)cc1)C(=O)NCc1ccc(F)cc1F. The molecule has 11 nitrogen and oxygen atoms in total. The number of carbonyl (C=O) groups excluding carboxylic acids is 4. The Balaban J connectivity index is 1.45. The number of halogens is 2. The second kappa shape index (κ2) is 27.2. The van der Waals surface area contributed by atoms with Crippen LogP contribution in [0.1, 0.15) is 119 Å². The average Bonchev–Trinajstić information content (AvgIpc) is 3.26. The zero-order chi connectivity index (χ0) is 45.4. The van der Waals surface area contributed by atoms with Gasteiger partial charge in [-0.15, -0.1) is 0 Å². The molecule has 0 bridgehead atoms. The predicted octanol–water partition coefficient (Wildman–Crippen LogP) is 8.36. The van der Waals surface area contributed by atoms with Gasteiger partial charge in [-0.05, 0) is 65.6 Å². The molecule has 0 heterocycles. The second-order valence-corrected chi connectivity index (χ2v) is 16.3. The lowest BCUT2D eigenvalue weighted by molar-refractivity contribution is -0.133. The number of phenols is 3. The molecule has 0 unspecified atom stereocenters. The van der Waals surface area contributed by atoms with Gasteiger partial charge in [0.2, 0.25) is 23.6 Å². The van der Waals surface area contributed by atoms with Crippen LogP contribution < -0.4 is 21.3 Å². The lowest BCUT2D eigenvalue weighted by Crippen LogP contribution is -2.58. The van der Waals surface area contributed by atoms with Crippen LogP contribution in [0, 0.1) is 11.6 Å². The van der Waals surface area contributed by atoms with Crippen molar-refractivity contribution in [2.45, 2.75) is 141 Å². The van der Waals surface area contributed by atoms with Crippen molar-refractivity contribution in [3.63, 3.8) is 0 Å². The number of aromatic hydroxyl groups is 3. The third kappa shape index (κ3) is 18.9. The highest BCUT2D eigenvalue weighted by atomic mass is 19.1. The number of unbranched alkanes of at least 4 members (excludes halogenated alkanes) is 12. The number of hydrogen-bond donors (Lipinski definition) is 7. The monoisotopic (exact) mass is 870 g/mol. The van der Waals surface area contributed by atoms with E-state index in [2.05, 4.69) is 28.2 Å². The lowest BCUT2D eigenvalue weighted by atomic mass is 10.0. The summed E-state index contributed by atoms with van der Waals surface area (Å²) in [6.45, 7) is 1.92. The van der Waals surface area contributed by atoms with E-state index < -0.39 is 47.5 Å². The van der Waals surface area contributed by atoms with Crippen LogP contribution in [-0.2, 0) is 45.0 Å². The van der Waals surface area contributed by atoms with Crippen molar-refractivity contribution in [2.75, 3.05) is 0 Å². The first-order valence-electron chi connectivity index (χ1n) is 22.4. The molecule has 0 saturated carbocycles. The van der Waals surface area contributed by atoms with E-state index in [4.69, 9.17) is 0 Å². The molecule has 3 atom stereocenters. The number of amides is 4. The number of phenolic OH excluding ortho intramolecular Hbond substituents is 3. The van der Waals surface area contributed by atoms with Crippen LogP contribution in [0.5, 0.6) is 17.2 Å². The molecule has 4 amide bonds. The maximum absolute atomic E-state index is 14.5. The summed E-state index contributed by atoms with van der Waals surface area (Å²) < 4.78 is 28.0. The summed E-state index contributed by atoms with van der Waals surface area (Å²) >= 11 is 0. The van der Waals surface area contributed by atoms with Gasteiger partial charge in [0.15, 0.2) is 0 Å². The summed E-state index contributed by atoms with van der Waals surface area (Å²) in [7, 11) is 0. The Morgan fingerprint density at radius 1 is 0.492 bits per heavy atom. The summed E-state index contributed by atoms with van der Waals surface area (Å²) in [6.07, 6.45) is 15.3. The lowest BCUT2D eigenvalue weighted by Gasteiger charge is -2.26. The smallest absolute Gasteiger partial charge is 0.243 e. The average molecular weight is 871 g/mol. The number of hydrogen-bond acceptors (Lipinski definition) is 7. The van der Waals surface area contributed by atoms with Crippen molar-refractivity contribution in [3.05, 3.63) is 125 Å². The summed E-state index contributed by atoms with van der Waals surface area (Å²) in [5, 5.41) is 40.6. The molecular weight excluding hydrogens is 807 g/mol. The summed E-state index contributed by atoms with van der Waals surface area (Å²) in [5.41, 5.74) is 1.81. The van der Waals surface area contributed by atoms with E-state index in [0.29, 0.717) is 29.2 Å². The van der Waals surface area contributed by atoms with Gasteiger partial charge >= 0.3 is 0 Å². The fourth-order valence-corrected chi connectivity index (χ4v) is 7.32. The van der Waals surface area contributed by atoms with Gasteiger partial charge in [0, 0.05) is 43.9 Å². The topological polar surface area (TPSA) is 177 Å². The van der Waals surface area contributed by atoms with Gasteiger partial charge < -0.3 is 36.6 Å². The standard InChI is InChI=1S/C50H64F2N4O7/c1-2-3-4-5-6-7-8-9-10-11-12-13-14-15-47(60)54-45(31-36-18-26-41(58)27-19-36)49(62)56-46(32-37-20-28-42(59)29-21-37)50(63)55-44(30-35-16-24-40(57)25-17-35)48(61)53-34-38-22-23-39(51)33-43(38)52/h16-29,33,44-46,57-59H,2-15,30-32,34H2,1H3,(H,53,61)(H,54,60)(H,55,63)(H,56,62)/t44-,45-,46-/m0/s1. The van der Waals surface area contributed by atoms with Crippen molar-refractivity contribution in [2.24, 2.45) is 0 Å². The molecular formula is C50H64F2N4O7. The molecule has 4 aromatic carbocycles. The van der Waals surface area contributed by atoms with Crippen molar-refractivity contribution in [1.82, 2.24) is 21.3 Å². The van der Waals surface area contributed by atoms with Crippen LogP contribution in [-0.4, -0.2) is 57.1 Å². The van der Waals surface area contributed by atoms with E-state index in [1.807, 2.05) is 0 Å². The molecule has 0 aromatic heterocycles. The summed E-state index contributed by atoms with van der Waals surface area (Å²) in [4.78, 5) is 55.5.